The van der Waals surface area contributed by atoms with Crippen molar-refractivity contribution < 1.29 is 4.79 Å². The highest BCUT2D eigenvalue weighted by molar-refractivity contribution is 5.95. The van der Waals surface area contributed by atoms with Gasteiger partial charge < -0.3 is 4.90 Å². The smallest absolute Gasteiger partial charge is 0.255 e. The molecule has 0 unspecified atom stereocenters. The van der Waals surface area contributed by atoms with E-state index in [0.717, 1.165) is 36.5 Å². The summed E-state index contributed by atoms with van der Waals surface area (Å²) in [5.74, 6) is 1.19. The van der Waals surface area contributed by atoms with Crippen LogP contribution in [0.25, 0.3) is 0 Å². The van der Waals surface area contributed by atoms with Crippen LogP contribution in [0, 0.1) is 32.6 Å². The summed E-state index contributed by atoms with van der Waals surface area (Å²) in [6.45, 7) is 8.89. The van der Waals surface area contributed by atoms with Crippen LogP contribution in [0.15, 0.2) is 36.5 Å². The minimum absolute atomic E-state index is 0.135. The summed E-state index contributed by atoms with van der Waals surface area (Å²) in [5, 5.41) is 0. The van der Waals surface area contributed by atoms with E-state index in [2.05, 4.69) is 48.1 Å². The molecule has 0 aliphatic carbocycles. The number of fused-ring (bicyclic) bond motifs is 1. The largest absolute Gasteiger partial charge is 0.338 e. The van der Waals surface area contributed by atoms with Crippen LogP contribution in [0.3, 0.4) is 0 Å². The fourth-order valence-corrected chi connectivity index (χ4v) is 4.90. The topological polar surface area (TPSA) is 36.4 Å². The number of benzene rings is 1. The molecule has 2 saturated heterocycles. The normalized spacial score (nSPS) is 25.5. The minimum Gasteiger partial charge on any atom is -0.338 e. The van der Waals surface area contributed by atoms with Crippen molar-refractivity contribution in [3.05, 3.63) is 64.5 Å². The number of likely N-dealkylation sites (tertiary alicyclic amines) is 2. The van der Waals surface area contributed by atoms with E-state index in [1.54, 1.807) is 6.20 Å². The van der Waals surface area contributed by atoms with Crippen molar-refractivity contribution in [2.45, 2.75) is 26.8 Å². The van der Waals surface area contributed by atoms with Crippen LogP contribution < -0.4 is 0 Å². The van der Waals surface area contributed by atoms with E-state index in [4.69, 9.17) is 0 Å². The Morgan fingerprint density at radius 1 is 1.08 bits per heavy atom. The van der Waals surface area contributed by atoms with E-state index in [-0.39, 0.29) is 5.91 Å². The Hall–Kier alpha value is -2.20. The van der Waals surface area contributed by atoms with Gasteiger partial charge in [-0.15, -0.1) is 0 Å². The van der Waals surface area contributed by atoms with Crippen molar-refractivity contribution in [3.8, 4) is 0 Å². The Bertz CT molecular complexity index is 847. The molecule has 2 aliphatic heterocycles. The first-order valence-electron chi connectivity index (χ1n) is 9.44. The number of carbonyl (C=O) groups excluding carboxylic acids is 1. The van der Waals surface area contributed by atoms with Gasteiger partial charge in [-0.25, -0.2) is 0 Å². The Labute approximate surface area is 155 Å². The number of hydrogen-bond acceptors (Lipinski definition) is 3. The third kappa shape index (κ3) is 2.82. The van der Waals surface area contributed by atoms with Crippen molar-refractivity contribution >= 4 is 5.91 Å². The molecule has 3 atom stereocenters. The fraction of sp³-hybridized carbons (Fsp3) is 0.455. The van der Waals surface area contributed by atoms with E-state index in [0.29, 0.717) is 17.9 Å². The first kappa shape index (κ1) is 17.2. The molecule has 0 spiro atoms. The van der Waals surface area contributed by atoms with E-state index < -0.39 is 0 Å². The van der Waals surface area contributed by atoms with Crippen LogP contribution in [-0.2, 0) is 0 Å². The number of hydrogen-bond donors (Lipinski definition) is 0. The first-order valence-corrected chi connectivity index (χ1v) is 9.44. The van der Waals surface area contributed by atoms with Crippen LogP contribution in [0.4, 0.5) is 0 Å². The standard InChI is InChI=1S/C22H27N3O/c1-14-7-5-6-8-18(14)21-20-13-25(12-17(20)11-24(21)4)22(26)19-10-23-16(3)9-15(19)2/h5-10,17,20-21H,11-13H2,1-4H3/t17-,20+,21-/m0/s1. The van der Waals surface area contributed by atoms with Crippen molar-refractivity contribution in [1.29, 1.82) is 0 Å². The molecule has 26 heavy (non-hydrogen) atoms. The van der Waals surface area contributed by atoms with Crippen LogP contribution in [-0.4, -0.2) is 47.4 Å². The number of aryl methyl sites for hydroxylation is 3. The van der Waals surface area contributed by atoms with Gasteiger partial charge in [0.2, 0.25) is 0 Å². The van der Waals surface area contributed by atoms with Crippen LogP contribution in [0.2, 0.25) is 0 Å². The number of pyridine rings is 1. The molecular weight excluding hydrogens is 322 g/mol. The predicted octanol–water partition coefficient (Wildman–Crippen LogP) is 3.38. The van der Waals surface area contributed by atoms with Gasteiger partial charge in [0.25, 0.3) is 5.91 Å². The average Bonchev–Trinajstić information content (AvgIpc) is 3.12. The average molecular weight is 349 g/mol. The number of carbonyl (C=O) groups is 1. The lowest BCUT2D eigenvalue weighted by molar-refractivity contribution is 0.0766. The summed E-state index contributed by atoms with van der Waals surface area (Å²) in [7, 11) is 2.22. The fourth-order valence-electron chi connectivity index (χ4n) is 4.90. The van der Waals surface area contributed by atoms with Gasteiger partial charge in [-0.05, 0) is 56.5 Å². The molecule has 0 saturated carbocycles. The van der Waals surface area contributed by atoms with Gasteiger partial charge in [0, 0.05) is 43.5 Å². The Balaban J connectivity index is 1.58. The summed E-state index contributed by atoms with van der Waals surface area (Å²) >= 11 is 0. The predicted molar refractivity (Wildman–Crippen MR) is 103 cm³/mol. The molecule has 1 aromatic heterocycles. The second-order valence-electron chi connectivity index (χ2n) is 8.02. The molecule has 136 valence electrons. The number of amides is 1. The number of aromatic nitrogens is 1. The van der Waals surface area contributed by atoms with Crippen LogP contribution >= 0.6 is 0 Å². The van der Waals surface area contributed by atoms with E-state index in [1.165, 1.54) is 11.1 Å². The number of nitrogens with zero attached hydrogens (tertiary/aromatic N) is 3. The maximum atomic E-state index is 13.1. The summed E-state index contributed by atoms with van der Waals surface area (Å²) in [6, 6.07) is 11.1. The maximum absolute atomic E-state index is 13.1. The van der Waals surface area contributed by atoms with Gasteiger partial charge in [-0.2, -0.15) is 0 Å². The molecule has 3 heterocycles. The first-order chi connectivity index (χ1) is 12.5. The second-order valence-corrected chi connectivity index (χ2v) is 8.02. The highest BCUT2D eigenvalue weighted by atomic mass is 16.2. The molecule has 4 heteroatoms. The molecule has 1 amide bonds. The summed E-state index contributed by atoms with van der Waals surface area (Å²) < 4.78 is 0. The molecule has 2 aliphatic rings. The molecule has 1 aromatic carbocycles. The highest BCUT2D eigenvalue weighted by Crippen LogP contribution is 2.45. The quantitative estimate of drug-likeness (QED) is 0.834. The molecule has 2 fully saturated rings. The van der Waals surface area contributed by atoms with Gasteiger partial charge in [0.15, 0.2) is 0 Å². The maximum Gasteiger partial charge on any atom is 0.255 e. The van der Waals surface area contributed by atoms with Gasteiger partial charge in [0.1, 0.15) is 0 Å². The summed E-state index contributed by atoms with van der Waals surface area (Å²) in [6.07, 6.45) is 1.74. The molecule has 0 radical (unpaired) electrons. The molecule has 2 aromatic rings. The molecule has 4 rings (SSSR count). The highest BCUT2D eigenvalue weighted by Gasteiger charge is 2.47. The van der Waals surface area contributed by atoms with Crippen LogP contribution in [0.5, 0.6) is 0 Å². The van der Waals surface area contributed by atoms with E-state index in [1.807, 2.05) is 24.8 Å². The lowest BCUT2D eigenvalue weighted by Crippen LogP contribution is -2.34. The summed E-state index contributed by atoms with van der Waals surface area (Å²) in [4.78, 5) is 21.9. The van der Waals surface area contributed by atoms with E-state index in [9.17, 15) is 4.79 Å². The lowest BCUT2D eigenvalue weighted by atomic mass is 9.88. The lowest BCUT2D eigenvalue weighted by Gasteiger charge is -2.28. The zero-order valence-corrected chi connectivity index (χ0v) is 16.1. The molecular formula is C22H27N3O. The summed E-state index contributed by atoms with van der Waals surface area (Å²) in [5.41, 5.74) is 5.47. The van der Waals surface area contributed by atoms with Crippen molar-refractivity contribution in [2.24, 2.45) is 11.8 Å². The Morgan fingerprint density at radius 3 is 2.58 bits per heavy atom. The Morgan fingerprint density at radius 2 is 1.85 bits per heavy atom. The second kappa shape index (κ2) is 6.51. The van der Waals surface area contributed by atoms with Gasteiger partial charge in [0.05, 0.1) is 5.56 Å². The third-order valence-electron chi connectivity index (χ3n) is 6.17. The van der Waals surface area contributed by atoms with Gasteiger partial charge in [-0.1, -0.05) is 24.3 Å². The molecule has 0 bridgehead atoms. The molecule has 0 N–H and O–H groups in total. The third-order valence-corrected chi connectivity index (χ3v) is 6.17. The zero-order chi connectivity index (χ0) is 18.4. The van der Waals surface area contributed by atoms with Crippen molar-refractivity contribution in [3.63, 3.8) is 0 Å². The van der Waals surface area contributed by atoms with Gasteiger partial charge >= 0.3 is 0 Å². The Kier molecular flexibility index (Phi) is 4.31. The monoisotopic (exact) mass is 349 g/mol. The molecule has 4 nitrogen and oxygen atoms in total. The van der Waals surface area contributed by atoms with Gasteiger partial charge in [-0.3, -0.25) is 14.7 Å². The minimum atomic E-state index is 0.135. The number of rotatable bonds is 2. The van der Waals surface area contributed by atoms with Crippen molar-refractivity contribution in [2.75, 3.05) is 26.7 Å². The zero-order valence-electron chi connectivity index (χ0n) is 16.1. The van der Waals surface area contributed by atoms with E-state index >= 15 is 0 Å². The SMILES string of the molecule is Cc1cc(C)c(C(=O)N2C[C@@H]3CN(C)[C@@H](c4ccccc4C)[C@@H]3C2)cn1. The van der Waals surface area contributed by atoms with Crippen molar-refractivity contribution in [1.82, 2.24) is 14.8 Å². The van der Waals surface area contributed by atoms with Crippen LogP contribution in [0.1, 0.15) is 38.8 Å².